The molecule has 0 amide bonds. The summed E-state index contributed by atoms with van der Waals surface area (Å²) >= 11 is 0. The first-order chi connectivity index (χ1) is 4.06. The second-order valence-corrected chi connectivity index (χ2v) is 2.60. The minimum atomic E-state index is -4.18. The van der Waals surface area contributed by atoms with E-state index in [-0.39, 0.29) is 29.6 Å². The molecule has 0 N–H and O–H groups in total. The van der Waals surface area contributed by atoms with Gasteiger partial charge in [0.25, 0.3) is 0 Å². The van der Waals surface area contributed by atoms with Gasteiger partial charge in [0.2, 0.25) is 0 Å². The van der Waals surface area contributed by atoms with Crippen LogP contribution in [0.25, 0.3) is 0 Å². The first kappa shape index (κ1) is 13.0. The van der Waals surface area contributed by atoms with Crippen LogP contribution in [0.1, 0.15) is 6.92 Å². The Morgan fingerprint density at radius 3 is 2.10 bits per heavy atom. The molecule has 0 aromatic heterocycles. The summed E-state index contributed by atoms with van der Waals surface area (Å²) in [6, 6.07) is 0. The predicted molar refractivity (Wildman–Crippen MR) is 33.7 cm³/mol. The maximum atomic E-state index is 9.83. The Hall–Kier alpha value is 0.390. The van der Waals surface area contributed by atoms with Crippen molar-refractivity contribution in [2.45, 2.75) is 6.92 Å². The fourth-order valence-electron chi connectivity index (χ4n) is 0.253. The molecule has 3 nitrogen and oxygen atoms in total. The molecule has 0 fully saturated rings. The van der Waals surface area contributed by atoms with Crippen LogP contribution in [0.4, 0.5) is 0 Å². The van der Waals surface area contributed by atoms with Crippen LogP contribution in [-0.2, 0) is 10.1 Å². The molecular formula is C5H7NaO3S. The average molecular weight is 170 g/mol. The van der Waals surface area contributed by atoms with Crippen LogP contribution in [0.2, 0.25) is 0 Å². The van der Waals surface area contributed by atoms with Gasteiger partial charge in [-0.3, -0.25) is 0 Å². The van der Waals surface area contributed by atoms with E-state index < -0.39 is 10.1 Å². The average Bonchev–Trinajstić information content (AvgIpc) is 1.63. The third-order valence-corrected chi connectivity index (χ3v) is 1.04. The second kappa shape index (κ2) is 6.12. The van der Waals surface area contributed by atoms with E-state index in [1.165, 1.54) is 12.2 Å². The molecule has 0 unspecified atom stereocenters. The standard InChI is InChI=1S/C5H8O3S.Na/c1-2-3-4-5-9(6,7)8;/h2-5H,1H3,(H,6,7,8);/q;+1/p-1. The number of allylic oxidation sites excluding steroid dienone is 3. The van der Waals surface area contributed by atoms with Gasteiger partial charge in [-0.1, -0.05) is 18.2 Å². The van der Waals surface area contributed by atoms with E-state index in [4.69, 9.17) is 0 Å². The molecule has 0 atom stereocenters. The van der Waals surface area contributed by atoms with E-state index in [9.17, 15) is 13.0 Å². The van der Waals surface area contributed by atoms with Gasteiger partial charge < -0.3 is 4.55 Å². The fraction of sp³-hybridized carbons (Fsp3) is 0.200. The van der Waals surface area contributed by atoms with Crippen molar-refractivity contribution in [3.8, 4) is 0 Å². The summed E-state index contributed by atoms with van der Waals surface area (Å²) in [5.41, 5.74) is 0. The summed E-state index contributed by atoms with van der Waals surface area (Å²) in [4.78, 5) is 0. The third-order valence-electron chi connectivity index (χ3n) is 0.549. The van der Waals surface area contributed by atoms with Gasteiger partial charge in [0, 0.05) is 5.41 Å². The molecule has 10 heavy (non-hydrogen) atoms. The molecule has 0 aromatic carbocycles. The summed E-state index contributed by atoms with van der Waals surface area (Å²) in [5.74, 6) is 0. The molecule has 5 heteroatoms. The summed E-state index contributed by atoms with van der Waals surface area (Å²) in [6.45, 7) is 1.72. The Kier molecular flexibility index (Phi) is 7.97. The van der Waals surface area contributed by atoms with Crippen molar-refractivity contribution in [1.29, 1.82) is 0 Å². The summed E-state index contributed by atoms with van der Waals surface area (Å²) in [6.07, 6.45) is 4.28. The van der Waals surface area contributed by atoms with E-state index in [1.807, 2.05) is 0 Å². The molecule has 0 saturated carbocycles. The van der Waals surface area contributed by atoms with Crippen molar-refractivity contribution in [3.63, 3.8) is 0 Å². The minimum absolute atomic E-state index is 0. The van der Waals surface area contributed by atoms with Crippen molar-refractivity contribution in [2.24, 2.45) is 0 Å². The summed E-state index contributed by atoms with van der Waals surface area (Å²) in [5, 5.41) is 0.604. The van der Waals surface area contributed by atoms with Gasteiger partial charge in [-0.2, -0.15) is 0 Å². The normalized spacial score (nSPS) is 12.2. The maximum absolute atomic E-state index is 9.83. The van der Waals surface area contributed by atoms with Gasteiger partial charge in [-0.15, -0.1) is 0 Å². The summed E-state index contributed by atoms with van der Waals surface area (Å²) < 4.78 is 29.5. The molecule has 0 aliphatic rings. The predicted octanol–water partition coefficient (Wildman–Crippen LogP) is -2.37. The maximum Gasteiger partial charge on any atom is 1.00 e. The molecular weight excluding hydrogens is 163 g/mol. The molecule has 0 aliphatic carbocycles. The van der Waals surface area contributed by atoms with Crippen molar-refractivity contribution in [2.75, 3.05) is 0 Å². The van der Waals surface area contributed by atoms with Crippen LogP contribution in [0.15, 0.2) is 23.6 Å². The minimum Gasteiger partial charge on any atom is -0.744 e. The number of hydrogen-bond donors (Lipinski definition) is 0. The van der Waals surface area contributed by atoms with Gasteiger partial charge in [0.05, 0.1) is 0 Å². The summed E-state index contributed by atoms with van der Waals surface area (Å²) in [7, 11) is -4.18. The van der Waals surface area contributed by atoms with Crippen molar-refractivity contribution in [1.82, 2.24) is 0 Å². The zero-order chi connectivity index (χ0) is 7.33. The van der Waals surface area contributed by atoms with Crippen molar-refractivity contribution >= 4 is 10.1 Å². The zero-order valence-corrected chi connectivity index (χ0v) is 8.76. The van der Waals surface area contributed by atoms with Gasteiger partial charge in [-0.05, 0) is 6.92 Å². The molecule has 0 rings (SSSR count). The molecule has 0 radical (unpaired) electrons. The van der Waals surface area contributed by atoms with Crippen LogP contribution in [0, 0.1) is 0 Å². The van der Waals surface area contributed by atoms with Gasteiger partial charge in [0.15, 0.2) is 0 Å². The van der Waals surface area contributed by atoms with E-state index in [2.05, 4.69) is 0 Å². The van der Waals surface area contributed by atoms with Crippen LogP contribution in [-0.4, -0.2) is 13.0 Å². The first-order valence-electron chi connectivity index (χ1n) is 2.31. The largest absolute Gasteiger partial charge is 1.00 e. The third kappa shape index (κ3) is 11.2. The first-order valence-corrected chi connectivity index (χ1v) is 3.78. The Labute approximate surface area is 82.9 Å². The van der Waals surface area contributed by atoms with Gasteiger partial charge in [-0.25, -0.2) is 8.42 Å². The molecule has 0 aromatic rings. The molecule has 0 aliphatic heterocycles. The van der Waals surface area contributed by atoms with Gasteiger partial charge in [0.1, 0.15) is 10.1 Å². The number of rotatable bonds is 2. The van der Waals surface area contributed by atoms with Crippen molar-refractivity contribution in [3.05, 3.63) is 23.6 Å². The fourth-order valence-corrected chi connectivity index (χ4v) is 0.536. The quantitative estimate of drug-likeness (QED) is 0.264. The Balaban J connectivity index is 0. The molecule has 0 spiro atoms. The van der Waals surface area contributed by atoms with E-state index in [0.29, 0.717) is 5.41 Å². The van der Waals surface area contributed by atoms with E-state index in [0.717, 1.165) is 0 Å². The molecule has 0 heterocycles. The smallest absolute Gasteiger partial charge is 0.744 e. The van der Waals surface area contributed by atoms with Crippen LogP contribution in [0.5, 0.6) is 0 Å². The van der Waals surface area contributed by atoms with E-state index >= 15 is 0 Å². The SMILES string of the molecule is CC=CC=CS(=O)(=O)[O-].[Na+]. The number of hydrogen-bond acceptors (Lipinski definition) is 3. The Bertz CT molecular complexity index is 215. The Morgan fingerprint density at radius 2 is 1.80 bits per heavy atom. The molecule has 0 saturated heterocycles. The molecule has 52 valence electrons. The van der Waals surface area contributed by atoms with Crippen LogP contribution < -0.4 is 29.6 Å². The topological polar surface area (TPSA) is 57.2 Å². The van der Waals surface area contributed by atoms with Gasteiger partial charge >= 0.3 is 29.6 Å². The van der Waals surface area contributed by atoms with E-state index in [1.54, 1.807) is 13.0 Å². The Morgan fingerprint density at radius 1 is 1.30 bits per heavy atom. The van der Waals surface area contributed by atoms with Crippen LogP contribution >= 0.6 is 0 Å². The van der Waals surface area contributed by atoms with Crippen molar-refractivity contribution < 1.29 is 42.5 Å². The zero-order valence-electron chi connectivity index (χ0n) is 5.94. The monoisotopic (exact) mass is 170 g/mol. The second-order valence-electron chi connectivity index (χ2n) is 1.35. The van der Waals surface area contributed by atoms with Crippen LogP contribution in [0.3, 0.4) is 0 Å². The molecule has 0 bridgehead atoms.